The van der Waals surface area contributed by atoms with Crippen LogP contribution in [0.3, 0.4) is 0 Å². The number of fused-ring (bicyclic) bond motifs is 4. The number of anilines is 1. The highest BCUT2D eigenvalue weighted by atomic mass is 31.2. The van der Waals surface area contributed by atoms with Crippen molar-refractivity contribution >= 4 is 32.6 Å². The molecule has 47 heavy (non-hydrogen) atoms. The number of nitrogens with two attached hydrogens (primary N) is 1. The number of phosphoric ester groups is 2. The Labute approximate surface area is 264 Å². The number of alkyl halides is 1. The fourth-order valence-corrected chi connectivity index (χ4v) is 7.29. The molecule has 18 nitrogen and oxygen atoms in total. The number of aromatic nitrogens is 6. The van der Waals surface area contributed by atoms with Crippen LogP contribution in [0.25, 0.3) is 22.4 Å². The highest BCUT2D eigenvalue weighted by Crippen LogP contribution is 2.53. The van der Waals surface area contributed by atoms with Crippen LogP contribution in [0.15, 0.2) is 49.3 Å². The van der Waals surface area contributed by atoms with Gasteiger partial charge in [0.15, 0.2) is 23.9 Å². The first kappa shape index (κ1) is 31.9. The van der Waals surface area contributed by atoms with Crippen molar-refractivity contribution in [2.24, 2.45) is 0 Å². The van der Waals surface area contributed by atoms with E-state index >= 15 is 4.39 Å². The number of hydrogen-bond donors (Lipinski definition) is 5. The summed E-state index contributed by atoms with van der Waals surface area (Å²) in [4.78, 5) is 40.3. The van der Waals surface area contributed by atoms with Crippen LogP contribution in [0, 0.1) is 11.8 Å². The first-order chi connectivity index (χ1) is 22.5. The summed E-state index contributed by atoms with van der Waals surface area (Å²) in [6.45, 7) is -1.64. The van der Waals surface area contributed by atoms with Gasteiger partial charge in [0.25, 0.3) is 0 Å². The van der Waals surface area contributed by atoms with E-state index in [2.05, 4.69) is 36.8 Å². The summed E-state index contributed by atoms with van der Waals surface area (Å²) in [6, 6.07) is 9.12. The molecular formula is C26H26FN7O11P2. The van der Waals surface area contributed by atoms with E-state index in [0.717, 1.165) is 16.5 Å². The van der Waals surface area contributed by atoms with E-state index in [9.17, 15) is 24.0 Å². The maximum Gasteiger partial charge on any atom is 0.472 e. The summed E-state index contributed by atoms with van der Waals surface area (Å²) in [5, 5.41) is 10.9. The van der Waals surface area contributed by atoms with E-state index in [-0.39, 0.29) is 17.0 Å². The Morgan fingerprint density at radius 3 is 2.47 bits per heavy atom. The van der Waals surface area contributed by atoms with Gasteiger partial charge in [0.05, 0.1) is 25.9 Å². The van der Waals surface area contributed by atoms with Crippen molar-refractivity contribution in [2.45, 2.75) is 49.0 Å². The number of aliphatic hydroxyl groups excluding tert-OH is 1. The first-order valence-corrected chi connectivity index (χ1v) is 17.0. The second kappa shape index (κ2) is 12.4. The van der Waals surface area contributed by atoms with Crippen molar-refractivity contribution in [3.63, 3.8) is 0 Å². The van der Waals surface area contributed by atoms with Gasteiger partial charge < -0.3 is 35.1 Å². The molecule has 3 fully saturated rings. The summed E-state index contributed by atoms with van der Waals surface area (Å²) in [6.07, 6.45) is -9.44. The van der Waals surface area contributed by atoms with E-state index in [1.54, 1.807) is 0 Å². The quantitative estimate of drug-likeness (QED) is 0.146. The van der Waals surface area contributed by atoms with Crippen molar-refractivity contribution < 1.29 is 56.0 Å². The number of aliphatic hydroxyl groups is 1. The number of hydrogen-bond acceptors (Lipinski definition) is 14. The molecule has 10 atom stereocenters. The van der Waals surface area contributed by atoms with Crippen LogP contribution in [0.1, 0.15) is 11.9 Å². The smallest absolute Gasteiger partial charge is 0.387 e. The van der Waals surface area contributed by atoms with Gasteiger partial charge in [0.1, 0.15) is 59.9 Å². The van der Waals surface area contributed by atoms with E-state index in [0.29, 0.717) is 11.4 Å². The van der Waals surface area contributed by atoms with Crippen LogP contribution in [0.2, 0.25) is 0 Å². The fourth-order valence-electron chi connectivity index (χ4n) is 5.39. The summed E-state index contributed by atoms with van der Waals surface area (Å²) in [5.74, 6) is 5.59. The molecule has 0 amide bonds. The molecule has 248 valence electrons. The van der Waals surface area contributed by atoms with Gasteiger partial charge in [-0.05, 0) is 5.92 Å². The molecule has 2 unspecified atom stereocenters. The van der Waals surface area contributed by atoms with Gasteiger partial charge in [-0.15, -0.1) is 0 Å². The monoisotopic (exact) mass is 693 g/mol. The third-order valence-electron chi connectivity index (χ3n) is 7.61. The van der Waals surface area contributed by atoms with Gasteiger partial charge in [-0.2, -0.15) is 0 Å². The van der Waals surface area contributed by atoms with E-state index in [1.165, 1.54) is 12.7 Å². The zero-order valence-corrected chi connectivity index (χ0v) is 25.6. The number of rotatable bonds is 2. The molecule has 4 aromatic rings. The molecular weight excluding hydrogens is 667 g/mol. The number of H-pyrrole nitrogens is 1. The van der Waals surface area contributed by atoms with Crippen LogP contribution in [-0.4, -0.2) is 100 Å². The van der Waals surface area contributed by atoms with Crippen molar-refractivity contribution in [3.05, 3.63) is 55.0 Å². The summed E-state index contributed by atoms with van der Waals surface area (Å²) >= 11 is 0. The Morgan fingerprint density at radius 2 is 1.70 bits per heavy atom. The maximum atomic E-state index is 15.9. The normalized spacial score (nSPS) is 36.1. The molecule has 7 rings (SSSR count). The van der Waals surface area contributed by atoms with Crippen LogP contribution >= 0.6 is 15.6 Å². The van der Waals surface area contributed by atoms with Gasteiger partial charge in [-0.1, -0.05) is 36.3 Å². The molecule has 3 aliphatic rings. The minimum absolute atomic E-state index is 0.0131. The number of aromatic amines is 1. The average Bonchev–Trinajstić information content (AvgIpc) is 3.82. The van der Waals surface area contributed by atoms with Gasteiger partial charge in [0, 0.05) is 5.56 Å². The highest BCUT2D eigenvalue weighted by molar-refractivity contribution is 7.47. The third-order valence-corrected chi connectivity index (χ3v) is 9.58. The summed E-state index contributed by atoms with van der Waals surface area (Å²) in [7, 11) is -10.1. The van der Waals surface area contributed by atoms with Crippen molar-refractivity contribution in [1.82, 2.24) is 29.5 Å². The third kappa shape index (κ3) is 6.34. The average molecular weight is 693 g/mol. The molecule has 3 aliphatic heterocycles. The largest absolute Gasteiger partial charge is 0.472 e. The SMILES string of the molecule is Nc1ncnc2c1ncn2[C@@H]1O[C@@H]2COP(=O)(O)O[C@@H]3[C@H](O)[C@@H](COP(=O)(O)O[C@H]2[C@H]1F)O[C@H]3C#Cc1[nH]cnc1-c1ccccc1. The molecule has 0 radical (unpaired) electrons. The molecule has 2 bridgehead atoms. The molecule has 3 aromatic heterocycles. The molecule has 0 saturated carbocycles. The number of phosphoric acid groups is 2. The van der Waals surface area contributed by atoms with Gasteiger partial charge >= 0.3 is 15.6 Å². The molecule has 0 aliphatic carbocycles. The Balaban J connectivity index is 1.15. The van der Waals surface area contributed by atoms with Gasteiger partial charge in [0.2, 0.25) is 0 Å². The molecule has 6 N–H and O–H groups in total. The number of benzene rings is 1. The Hall–Kier alpha value is -3.63. The number of ether oxygens (including phenoxy) is 2. The number of nitrogens with zero attached hydrogens (tertiary/aromatic N) is 5. The van der Waals surface area contributed by atoms with Crippen LogP contribution in [0.5, 0.6) is 0 Å². The Bertz CT molecular complexity index is 1940. The zero-order valence-electron chi connectivity index (χ0n) is 23.8. The molecule has 1 aromatic carbocycles. The molecule has 3 saturated heterocycles. The second-order valence-corrected chi connectivity index (χ2v) is 13.4. The van der Waals surface area contributed by atoms with E-state index in [1.807, 2.05) is 30.3 Å². The Kier molecular flexibility index (Phi) is 8.45. The lowest BCUT2D eigenvalue weighted by atomic mass is 10.1. The van der Waals surface area contributed by atoms with Crippen LogP contribution in [-0.2, 0) is 36.7 Å². The fraction of sp³-hybridized carbons (Fsp3) is 0.385. The maximum absolute atomic E-state index is 15.9. The summed E-state index contributed by atoms with van der Waals surface area (Å²) in [5.41, 5.74) is 7.69. The van der Waals surface area contributed by atoms with Crippen molar-refractivity contribution in [1.29, 1.82) is 0 Å². The zero-order chi connectivity index (χ0) is 32.9. The molecule has 21 heteroatoms. The lowest BCUT2D eigenvalue weighted by Gasteiger charge is -2.24. The number of halogens is 1. The first-order valence-electron chi connectivity index (χ1n) is 14.0. The Morgan fingerprint density at radius 1 is 0.979 bits per heavy atom. The standard InChI is InChI=1S/C26H26FN7O11P2/c27-18-22-17(43-26(18)34-12-33-20-24(28)31-11-32-25(20)34)9-41-47(38,39)45-23-15(42-16(21(23)35)8-40-46(36,37)44-22)7-6-14-19(30-10-29-14)13-4-2-1-3-5-13/h1-5,10-12,15-18,21-23,26,35H,8-9H2,(H,29,30)(H,36,37)(H,38,39)(H2,28,31,32)/t15-,16+,17+,18+,21+,22+,23-,26+/m0/s1. The van der Waals surface area contributed by atoms with Crippen LogP contribution < -0.4 is 5.73 Å². The molecule has 0 spiro atoms. The minimum atomic E-state index is -5.08. The van der Waals surface area contributed by atoms with Crippen molar-refractivity contribution in [3.8, 4) is 23.1 Å². The lowest BCUT2D eigenvalue weighted by molar-refractivity contribution is -0.0515. The lowest BCUT2D eigenvalue weighted by Crippen LogP contribution is -2.36. The second-order valence-electron chi connectivity index (χ2n) is 10.6. The number of nitrogen functional groups attached to an aromatic ring is 1. The number of imidazole rings is 2. The number of nitrogens with one attached hydrogen (secondary N) is 1. The highest BCUT2D eigenvalue weighted by Gasteiger charge is 2.53. The summed E-state index contributed by atoms with van der Waals surface area (Å²) < 4.78 is 75.3. The van der Waals surface area contributed by atoms with Gasteiger partial charge in [-0.25, -0.2) is 33.5 Å². The van der Waals surface area contributed by atoms with Gasteiger partial charge in [-0.3, -0.25) is 22.7 Å². The van der Waals surface area contributed by atoms with Crippen molar-refractivity contribution in [2.75, 3.05) is 18.9 Å². The predicted molar refractivity (Wildman–Crippen MR) is 155 cm³/mol. The van der Waals surface area contributed by atoms with E-state index < -0.39 is 77.9 Å². The minimum Gasteiger partial charge on any atom is -0.387 e. The molecule has 6 heterocycles. The predicted octanol–water partition coefficient (Wildman–Crippen LogP) is 1.23. The van der Waals surface area contributed by atoms with E-state index in [4.69, 9.17) is 33.3 Å². The topological polar surface area (TPSA) is 249 Å². The van der Waals surface area contributed by atoms with Crippen LogP contribution in [0.4, 0.5) is 10.2 Å².